The van der Waals surface area contributed by atoms with Gasteiger partial charge in [-0.05, 0) is 39.9 Å². The van der Waals surface area contributed by atoms with Crippen LogP contribution in [0.4, 0.5) is 11.6 Å². The van der Waals surface area contributed by atoms with Gasteiger partial charge in [0, 0.05) is 19.2 Å². The van der Waals surface area contributed by atoms with Gasteiger partial charge in [-0.2, -0.15) is 0 Å². The van der Waals surface area contributed by atoms with Crippen molar-refractivity contribution < 1.29 is 0 Å². The zero-order valence-corrected chi connectivity index (χ0v) is 11.3. The highest BCUT2D eigenvalue weighted by Gasteiger charge is 2.21. The predicted molar refractivity (Wildman–Crippen MR) is 73.5 cm³/mol. The van der Waals surface area contributed by atoms with E-state index in [9.17, 15) is 0 Å². The highest BCUT2D eigenvalue weighted by molar-refractivity contribution is 5.49. The Morgan fingerprint density at radius 1 is 1.39 bits per heavy atom. The second kappa shape index (κ2) is 5.49. The summed E-state index contributed by atoms with van der Waals surface area (Å²) in [5, 5.41) is 0. The Morgan fingerprint density at radius 2 is 2.06 bits per heavy atom. The molecule has 0 aromatic carbocycles. The van der Waals surface area contributed by atoms with Gasteiger partial charge in [-0.3, -0.25) is 0 Å². The van der Waals surface area contributed by atoms with Crippen molar-refractivity contribution in [2.45, 2.75) is 25.8 Å². The molecular weight excluding hydrogens is 228 g/mol. The lowest BCUT2D eigenvalue weighted by Crippen LogP contribution is -2.42. The van der Waals surface area contributed by atoms with E-state index in [1.54, 1.807) is 0 Å². The van der Waals surface area contributed by atoms with Crippen molar-refractivity contribution in [1.29, 1.82) is 0 Å². The number of likely N-dealkylation sites (tertiary alicyclic amines) is 1. The minimum absolute atomic E-state index is 0.543. The SMILES string of the molecule is Cc1nc(NN)cc(N(C)C2CCN(C)CC2)n1. The van der Waals surface area contributed by atoms with E-state index in [-0.39, 0.29) is 0 Å². The van der Waals surface area contributed by atoms with E-state index >= 15 is 0 Å². The van der Waals surface area contributed by atoms with E-state index in [0.29, 0.717) is 11.9 Å². The third kappa shape index (κ3) is 2.88. The quantitative estimate of drug-likeness (QED) is 0.605. The molecule has 0 spiro atoms. The highest BCUT2D eigenvalue weighted by atomic mass is 15.3. The van der Waals surface area contributed by atoms with Gasteiger partial charge in [0.1, 0.15) is 17.5 Å². The molecule has 1 aliphatic heterocycles. The van der Waals surface area contributed by atoms with E-state index in [1.165, 1.54) is 12.8 Å². The summed E-state index contributed by atoms with van der Waals surface area (Å²) in [6, 6.07) is 2.44. The number of nitrogen functional groups attached to an aromatic ring is 1. The van der Waals surface area contributed by atoms with E-state index < -0.39 is 0 Å². The van der Waals surface area contributed by atoms with Crippen molar-refractivity contribution in [1.82, 2.24) is 14.9 Å². The Hall–Kier alpha value is -1.40. The van der Waals surface area contributed by atoms with Crippen LogP contribution in [-0.4, -0.2) is 48.1 Å². The monoisotopic (exact) mass is 250 g/mol. The summed E-state index contributed by atoms with van der Waals surface area (Å²) in [5.74, 6) is 7.75. The van der Waals surface area contributed by atoms with Crippen LogP contribution in [0.1, 0.15) is 18.7 Å². The number of hydrogen-bond donors (Lipinski definition) is 2. The molecule has 2 rings (SSSR count). The molecule has 0 atom stereocenters. The van der Waals surface area contributed by atoms with Crippen LogP contribution in [0.25, 0.3) is 0 Å². The van der Waals surface area contributed by atoms with Crippen LogP contribution in [-0.2, 0) is 0 Å². The Labute approximate surface area is 108 Å². The number of hydrogen-bond acceptors (Lipinski definition) is 6. The number of aromatic nitrogens is 2. The zero-order valence-electron chi connectivity index (χ0n) is 11.3. The van der Waals surface area contributed by atoms with Crippen molar-refractivity contribution in [3.63, 3.8) is 0 Å². The van der Waals surface area contributed by atoms with Crippen LogP contribution in [0.15, 0.2) is 6.07 Å². The van der Waals surface area contributed by atoms with Crippen LogP contribution in [0.5, 0.6) is 0 Å². The maximum absolute atomic E-state index is 5.42. The molecule has 2 heterocycles. The minimum atomic E-state index is 0.543. The largest absolute Gasteiger partial charge is 0.356 e. The fourth-order valence-electron chi connectivity index (χ4n) is 2.38. The lowest BCUT2D eigenvalue weighted by Gasteiger charge is -2.35. The molecule has 1 saturated heterocycles. The molecule has 6 nitrogen and oxygen atoms in total. The molecule has 100 valence electrons. The molecule has 0 radical (unpaired) electrons. The second-order valence-corrected chi connectivity index (χ2v) is 4.95. The summed E-state index contributed by atoms with van der Waals surface area (Å²) in [4.78, 5) is 13.3. The molecule has 6 heteroatoms. The molecule has 0 bridgehead atoms. The molecule has 1 aliphatic rings. The standard InChI is InChI=1S/C12H22N6/c1-9-14-11(16-13)8-12(15-9)18(3)10-4-6-17(2)7-5-10/h8,10H,4-7,13H2,1-3H3,(H,14,15,16). The van der Waals surface area contributed by atoms with Crippen LogP contribution in [0, 0.1) is 6.92 Å². The lowest BCUT2D eigenvalue weighted by molar-refractivity contribution is 0.252. The first-order valence-electron chi connectivity index (χ1n) is 6.34. The lowest BCUT2D eigenvalue weighted by atomic mass is 10.0. The van der Waals surface area contributed by atoms with Gasteiger partial charge < -0.3 is 15.2 Å². The fourth-order valence-corrected chi connectivity index (χ4v) is 2.38. The third-order valence-corrected chi connectivity index (χ3v) is 3.57. The molecule has 0 amide bonds. The summed E-state index contributed by atoms with van der Waals surface area (Å²) >= 11 is 0. The van der Waals surface area contributed by atoms with Crippen molar-refractivity contribution in [3.8, 4) is 0 Å². The number of nitrogens with two attached hydrogens (primary N) is 1. The summed E-state index contributed by atoms with van der Waals surface area (Å²) < 4.78 is 0. The number of rotatable bonds is 3. The molecule has 1 fully saturated rings. The smallest absolute Gasteiger partial charge is 0.145 e. The van der Waals surface area contributed by atoms with Crippen molar-refractivity contribution in [2.24, 2.45) is 5.84 Å². The molecular formula is C12H22N6. The van der Waals surface area contributed by atoms with Crippen LogP contribution in [0.2, 0.25) is 0 Å². The van der Waals surface area contributed by atoms with Crippen LogP contribution in [0.3, 0.4) is 0 Å². The zero-order chi connectivity index (χ0) is 13.1. The summed E-state index contributed by atoms with van der Waals surface area (Å²) in [6.45, 7) is 4.16. The Balaban J connectivity index is 2.12. The number of nitrogens with one attached hydrogen (secondary N) is 1. The number of anilines is 2. The van der Waals surface area contributed by atoms with Gasteiger partial charge in [0.25, 0.3) is 0 Å². The highest BCUT2D eigenvalue weighted by Crippen LogP contribution is 2.21. The molecule has 18 heavy (non-hydrogen) atoms. The van der Waals surface area contributed by atoms with Crippen molar-refractivity contribution in [3.05, 3.63) is 11.9 Å². The molecule has 0 unspecified atom stereocenters. The number of hydrazine groups is 1. The first-order valence-corrected chi connectivity index (χ1v) is 6.34. The van der Waals surface area contributed by atoms with Gasteiger partial charge >= 0.3 is 0 Å². The van der Waals surface area contributed by atoms with E-state index in [4.69, 9.17) is 5.84 Å². The molecule has 1 aromatic rings. The van der Waals surface area contributed by atoms with E-state index in [2.05, 4.69) is 39.3 Å². The minimum Gasteiger partial charge on any atom is -0.356 e. The molecule has 1 aromatic heterocycles. The van der Waals surface area contributed by atoms with Gasteiger partial charge in [-0.25, -0.2) is 15.8 Å². The van der Waals surface area contributed by atoms with Crippen molar-refractivity contribution >= 4 is 11.6 Å². The Kier molecular flexibility index (Phi) is 3.98. The summed E-state index contributed by atoms with van der Waals surface area (Å²) in [5.41, 5.74) is 2.59. The maximum atomic E-state index is 5.42. The van der Waals surface area contributed by atoms with Crippen LogP contribution < -0.4 is 16.2 Å². The first kappa shape index (κ1) is 13.0. The first-order chi connectivity index (χ1) is 8.60. The normalized spacial score (nSPS) is 17.8. The summed E-state index contributed by atoms with van der Waals surface area (Å²) in [6.07, 6.45) is 2.34. The molecule has 0 saturated carbocycles. The fraction of sp³-hybridized carbons (Fsp3) is 0.667. The molecule has 3 N–H and O–H groups in total. The average Bonchev–Trinajstić information content (AvgIpc) is 2.38. The summed E-state index contributed by atoms with van der Waals surface area (Å²) in [7, 11) is 4.26. The maximum Gasteiger partial charge on any atom is 0.145 e. The number of aryl methyl sites for hydroxylation is 1. The van der Waals surface area contributed by atoms with Gasteiger partial charge in [-0.15, -0.1) is 0 Å². The van der Waals surface area contributed by atoms with Gasteiger partial charge in [-0.1, -0.05) is 0 Å². The second-order valence-electron chi connectivity index (χ2n) is 4.95. The van der Waals surface area contributed by atoms with Crippen molar-refractivity contribution in [2.75, 3.05) is 37.5 Å². The Bertz CT molecular complexity index is 400. The van der Waals surface area contributed by atoms with Gasteiger partial charge in [0.05, 0.1) is 0 Å². The van der Waals surface area contributed by atoms with Crippen LogP contribution >= 0.6 is 0 Å². The topological polar surface area (TPSA) is 70.3 Å². The number of piperidine rings is 1. The predicted octanol–water partition coefficient (Wildman–Crippen LogP) is 0.601. The Morgan fingerprint density at radius 3 is 2.67 bits per heavy atom. The van der Waals surface area contributed by atoms with Gasteiger partial charge in [0.15, 0.2) is 0 Å². The van der Waals surface area contributed by atoms with Gasteiger partial charge in [0.2, 0.25) is 0 Å². The number of nitrogens with zero attached hydrogens (tertiary/aromatic N) is 4. The van der Waals surface area contributed by atoms with E-state index in [0.717, 1.165) is 24.7 Å². The molecule has 0 aliphatic carbocycles. The average molecular weight is 250 g/mol. The third-order valence-electron chi connectivity index (χ3n) is 3.57. The van der Waals surface area contributed by atoms with E-state index in [1.807, 2.05) is 13.0 Å².